The van der Waals surface area contributed by atoms with Crippen molar-refractivity contribution in [1.82, 2.24) is 9.97 Å². The van der Waals surface area contributed by atoms with E-state index in [-0.39, 0.29) is 17.7 Å². The lowest BCUT2D eigenvalue weighted by atomic mass is 9.86. The summed E-state index contributed by atoms with van der Waals surface area (Å²) in [5, 5.41) is 2.66. The first-order valence-corrected chi connectivity index (χ1v) is 9.58. The molecule has 0 aliphatic carbocycles. The van der Waals surface area contributed by atoms with E-state index in [1.54, 1.807) is 24.3 Å². The second kappa shape index (κ2) is 8.44. The Hall–Kier alpha value is -3.55. The summed E-state index contributed by atoms with van der Waals surface area (Å²) in [5.41, 5.74) is 2.17. The Balaban J connectivity index is 1.56. The fourth-order valence-corrected chi connectivity index (χ4v) is 2.99. The van der Waals surface area contributed by atoms with Gasteiger partial charge in [-0.2, -0.15) is 0 Å². The van der Waals surface area contributed by atoms with Crippen LogP contribution < -0.4 is 15.7 Å². The number of carbonyl (C=O) groups is 2. The molecule has 0 aliphatic rings. The molecule has 158 valence electrons. The average Bonchev–Trinajstić information content (AvgIpc) is 3.05. The van der Waals surface area contributed by atoms with E-state index >= 15 is 0 Å². The molecule has 0 aliphatic heterocycles. The zero-order valence-corrected chi connectivity index (χ0v) is 17.4. The van der Waals surface area contributed by atoms with Gasteiger partial charge in [-0.15, -0.1) is 0 Å². The highest BCUT2D eigenvalue weighted by molar-refractivity contribution is 5.96. The first kappa shape index (κ1) is 21.2. The van der Waals surface area contributed by atoms with Crippen LogP contribution in [-0.4, -0.2) is 34.6 Å². The van der Waals surface area contributed by atoms with Gasteiger partial charge in [0, 0.05) is 5.69 Å². The van der Waals surface area contributed by atoms with E-state index in [4.69, 9.17) is 9.47 Å². The summed E-state index contributed by atoms with van der Waals surface area (Å²) >= 11 is 0. The monoisotopic (exact) mass is 411 g/mol. The third kappa shape index (κ3) is 5.08. The maximum Gasteiger partial charge on any atom is 0.344 e. The number of benzene rings is 2. The molecular formula is C22H25N3O5. The van der Waals surface area contributed by atoms with Crippen LogP contribution in [0.15, 0.2) is 47.3 Å². The highest BCUT2D eigenvalue weighted by atomic mass is 16.6. The third-order valence-electron chi connectivity index (χ3n) is 4.50. The molecule has 3 N–H and O–H groups in total. The Morgan fingerprint density at radius 2 is 1.77 bits per heavy atom. The molecule has 0 radical (unpaired) electrons. The average molecular weight is 411 g/mol. The summed E-state index contributed by atoms with van der Waals surface area (Å²) in [6.45, 7) is 7.34. The minimum absolute atomic E-state index is 0.140. The van der Waals surface area contributed by atoms with E-state index in [1.165, 1.54) is 6.92 Å². The minimum atomic E-state index is -1.01. The molecule has 0 saturated carbocycles. The Labute approximate surface area is 173 Å². The second-order valence-electron chi connectivity index (χ2n) is 8.00. The highest BCUT2D eigenvalue weighted by Gasteiger charge is 2.21. The molecule has 1 amide bonds. The second-order valence-corrected chi connectivity index (χ2v) is 8.00. The first-order valence-electron chi connectivity index (χ1n) is 9.58. The lowest BCUT2D eigenvalue weighted by Gasteiger charge is -2.22. The van der Waals surface area contributed by atoms with Crippen molar-refractivity contribution in [1.29, 1.82) is 0 Å². The van der Waals surface area contributed by atoms with Gasteiger partial charge in [-0.1, -0.05) is 39.0 Å². The molecular weight excluding hydrogens is 386 g/mol. The fraction of sp³-hybridized carbons (Fsp3) is 0.318. The number of aromatic amines is 2. The molecule has 0 saturated heterocycles. The van der Waals surface area contributed by atoms with Crippen LogP contribution in [0.3, 0.4) is 0 Å². The van der Waals surface area contributed by atoms with Crippen molar-refractivity contribution in [2.45, 2.75) is 39.2 Å². The summed E-state index contributed by atoms with van der Waals surface area (Å²) in [6.07, 6.45) is -1.01. The van der Waals surface area contributed by atoms with E-state index in [9.17, 15) is 14.4 Å². The highest BCUT2D eigenvalue weighted by Crippen LogP contribution is 2.30. The topological polar surface area (TPSA) is 113 Å². The normalized spacial score (nSPS) is 12.4. The summed E-state index contributed by atoms with van der Waals surface area (Å²) in [6, 6.07) is 12.4. The molecule has 0 fully saturated rings. The predicted molar refractivity (Wildman–Crippen MR) is 114 cm³/mol. The van der Waals surface area contributed by atoms with Gasteiger partial charge in [0.1, 0.15) is 5.75 Å². The maximum atomic E-state index is 12.3. The predicted octanol–water partition coefficient (Wildman–Crippen LogP) is 3.10. The number of esters is 1. The van der Waals surface area contributed by atoms with Crippen LogP contribution in [0.1, 0.15) is 33.3 Å². The number of aromatic nitrogens is 2. The van der Waals surface area contributed by atoms with Crippen molar-refractivity contribution >= 4 is 28.6 Å². The number of rotatable bonds is 6. The first-order chi connectivity index (χ1) is 14.1. The Kier molecular flexibility index (Phi) is 5.96. The number of imidazole rings is 1. The minimum Gasteiger partial charge on any atom is -0.482 e. The van der Waals surface area contributed by atoms with Crippen molar-refractivity contribution in [3.05, 3.63) is 58.5 Å². The van der Waals surface area contributed by atoms with Crippen LogP contribution in [0.25, 0.3) is 11.0 Å². The van der Waals surface area contributed by atoms with Crippen molar-refractivity contribution < 1.29 is 19.1 Å². The van der Waals surface area contributed by atoms with Gasteiger partial charge in [-0.3, -0.25) is 4.79 Å². The number of hydrogen-bond donors (Lipinski definition) is 3. The van der Waals surface area contributed by atoms with Gasteiger partial charge in [0.05, 0.1) is 11.0 Å². The zero-order chi connectivity index (χ0) is 21.9. The number of carbonyl (C=O) groups excluding carboxylic acids is 2. The summed E-state index contributed by atoms with van der Waals surface area (Å²) in [7, 11) is 0. The number of hydrogen-bond acceptors (Lipinski definition) is 5. The third-order valence-corrected chi connectivity index (χ3v) is 4.50. The summed E-state index contributed by atoms with van der Waals surface area (Å²) in [5.74, 6) is -0.532. The van der Waals surface area contributed by atoms with Crippen LogP contribution in [0, 0.1) is 0 Å². The number of para-hydroxylation sites is 1. The SMILES string of the molecule is C[C@H](OC(=O)COc1ccccc1C(C)(C)C)C(=O)Nc1ccc2[nH]c(=O)[nH]c2c1. The Morgan fingerprint density at radius 1 is 1.07 bits per heavy atom. The molecule has 30 heavy (non-hydrogen) atoms. The molecule has 1 heterocycles. The fourth-order valence-electron chi connectivity index (χ4n) is 2.99. The van der Waals surface area contributed by atoms with Crippen molar-refractivity contribution in [3.63, 3.8) is 0 Å². The Bertz CT molecular complexity index is 1120. The maximum absolute atomic E-state index is 12.3. The van der Waals surface area contributed by atoms with E-state index < -0.39 is 18.0 Å². The molecule has 0 bridgehead atoms. The molecule has 0 spiro atoms. The van der Waals surface area contributed by atoms with E-state index in [2.05, 4.69) is 36.1 Å². The molecule has 8 nitrogen and oxygen atoms in total. The molecule has 2 aromatic carbocycles. The van der Waals surface area contributed by atoms with Gasteiger partial charge >= 0.3 is 11.7 Å². The van der Waals surface area contributed by atoms with Crippen molar-refractivity contribution in [2.75, 3.05) is 11.9 Å². The lowest BCUT2D eigenvalue weighted by Crippen LogP contribution is -2.31. The van der Waals surface area contributed by atoms with Crippen LogP contribution in [-0.2, 0) is 19.7 Å². The Morgan fingerprint density at radius 3 is 2.50 bits per heavy atom. The lowest BCUT2D eigenvalue weighted by molar-refractivity contribution is -0.155. The van der Waals surface area contributed by atoms with Crippen LogP contribution in [0.2, 0.25) is 0 Å². The molecule has 1 atom stereocenters. The molecule has 3 aromatic rings. The van der Waals surface area contributed by atoms with Gasteiger partial charge < -0.3 is 24.8 Å². The summed E-state index contributed by atoms with van der Waals surface area (Å²) < 4.78 is 10.8. The number of fused-ring (bicyclic) bond motifs is 1. The largest absolute Gasteiger partial charge is 0.482 e. The van der Waals surface area contributed by atoms with Crippen molar-refractivity contribution in [2.24, 2.45) is 0 Å². The molecule has 3 rings (SSSR count). The molecule has 0 unspecified atom stereocenters. The molecule has 8 heteroatoms. The number of anilines is 1. The number of ether oxygens (including phenoxy) is 2. The van der Waals surface area contributed by atoms with Crippen LogP contribution >= 0.6 is 0 Å². The molecule has 1 aromatic heterocycles. The zero-order valence-electron chi connectivity index (χ0n) is 17.4. The van der Waals surface area contributed by atoms with Gasteiger partial charge in [0.2, 0.25) is 0 Å². The van der Waals surface area contributed by atoms with E-state index in [1.807, 2.05) is 18.2 Å². The smallest absolute Gasteiger partial charge is 0.344 e. The number of amides is 1. The van der Waals surface area contributed by atoms with Crippen LogP contribution in [0.4, 0.5) is 5.69 Å². The van der Waals surface area contributed by atoms with Gasteiger partial charge in [-0.05, 0) is 42.2 Å². The van der Waals surface area contributed by atoms with Gasteiger partial charge in [0.15, 0.2) is 12.7 Å². The summed E-state index contributed by atoms with van der Waals surface area (Å²) in [4.78, 5) is 41.1. The van der Waals surface area contributed by atoms with Crippen molar-refractivity contribution in [3.8, 4) is 5.75 Å². The number of H-pyrrole nitrogens is 2. The number of nitrogens with one attached hydrogen (secondary N) is 3. The van der Waals surface area contributed by atoms with Gasteiger partial charge in [-0.25, -0.2) is 9.59 Å². The van der Waals surface area contributed by atoms with E-state index in [0.29, 0.717) is 22.5 Å². The quantitative estimate of drug-likeness (QED) is 0.540. The van der Waals surface area contributed by atoms with E-state index in [0.717, 1.165) is 5.56 Å². The standard InChI is InChI=1S/C22H25N3O5/c1-13(20(27)23-14-9-10-16-17(11-14)25-21(28)24-16)30-19(26)12-29-18-8-6-5-7-15(18)22(2,3)4/h5-11,13H,12H2,1-4H3,(H,23,27)(H2,24,25,28)/t13-/m0/s1. The van der Waals surface area contributed by atoms with Gasteiger partial charge in [0.25, 0.3) is 5.91 Å². The van der Waals surface area contributed by atoms with Crippen LogP contribution in [0.5, 0.6) is 5.75 Å².